The Morgan fingerprint density at radius 2 is 1.81 bits per heavy atom. The third-order valence-corrected chi connectivity index (χ3v) is 13.9. The van der Waals surface area contributed by atoms with Crippen molar-refractivity contribution in [3.63, 3.8) is 0 Å². The van der Waals surface area contributed by atoms with Gasteiger partial charge in [-0.25, -0.2) is 12.8 Å². The number of hydrogen-bond acceptors (Lipinski definition) is 10. The molecule has 0 bridgehead atoms. The summed E-state index contributed by atoms with van der Waals surface area (Å²) in [5, 5.41) is 25.1. The number of benzene rings is 3. The highest BCUT2D eigenvalue weighted by Crippen LogP contribution is 2.62. The highest BCUT2D eigenvalue weighted by molar-refractivity contribution is 7.89. The van der Waals surface area contributed by atoms with Crippen molar-refractivity contribution in [3.05, 3.63) is 120 Å². The van der Waals surface area contributed by atoms with Crippen LogP contribution in [0.25, 0.3) is 10.9 Å². The number of fused-ring (bicyclic) bond motifs is 3. The van der Waals surface area contributed by atoms with E-state index in [2.05, 4.69) is 22.8 Å². The number of aliphatic hydroxyl groups excluding tert-OH is 2. The Kier molecular flexibility index (Phi) is 13.5. The summed E-state index contributed by atoms with van der Waals surface area (Å²) in [5.74, 6) is -1.81. The number of pyridine rings is 1. The molecule has 2 N–H and O–H groups in total. The van der Waals surface area contributed by atoms with Crippen molar-refractivity contribution in [2.24, 2.45) is 22.9 Å². The molecule has 1 fully saturated rings. The van der Waals surface area contributed by atoms with E-state index < -0.39 is 27.8 Å². The zero-order valence-electron chi connectivity index (χ0n) is 33.7. The molecule has 3 aliphatic rings. The van der Waals surface area contributed by atoms with Gasteiger partial charge >= 0.3 is 0 Å². The molecule has 6 unspecified atom stereocenters. The lowest BCUT2D eigenvalue weighted by molar-refractivity contribution is -0.250. The lowest BCUT2D eigenvalue weighted by Crippen LogP contribution is -2.69. The lowest BCUT2D eigenvalue weighted by atomic mass is 9.55. The molecular weight excluding hydrogens is 774 g/mol. The maximum Gasteiger partial charge on any atom is 0.245 e. The van der Waals surface area contributed by atoms with Gasteiger partial charge in [0.05, 0.1) is 29.8 Å². The van der Waals surface area contributed by atoms with Crippen LogP contribution in [0.2, 0.25) is 0 Å². The Hall–Kier alpha value is -4.66. The number of ether oxygens (including phenoxy) is 3. The summed E-state index contributed by atoms with van der Waals surface area (Å²) < 4.78 is 66.5. The molecule has 3 aromatic carbocycles. The molecule has 0 spiro atoms. The molecule has 1 aromatic heterocycles. The SMILES string of the molecule is C=CCOC12Oc3ccc(OCc4ccccc4F)cc3C3C(CCCCO)C(CCCCO)C=C(C(=NOCC)CC1N(C)S(=O)(=O)c1cccc4cccnc14)C32. The van der Waals surface area contributed by atoms with Crippen molar-refractivity contribution in [3.8, 4) is 11.5 Å². The summed E-state index contributed by atoms with van der Waals surface area (Å²) in [7, 11) is -2.70. The van der Waals surface area contributed by atoms with Crippen molar-refractivity contribution in [1.82, 2.24) is 9.29 Å². The zero-order valence-corrected chi connectivity index (χ0v) is 34.5. The highest BCUT2D eigenvalue weighted by Gasteiger charge is 2.65. The maximum absolute atomic E-state index is 15.0. The van der Waals surface area contributed by atoms with Crippen molar-refractivity contribution in [2.45, 2.75) is 81.1 Å². The number of aromatic nitrogens is 1. The van der Waals surface area contributed by atoms with Gasteiger partial charge in [-0.1, -0.05) is 66.5 Å². The van der Waals surface area contributed by atoms with Gasteiger partial charge in [-0.2, -0.15) is 4.31 Å². The van der Waals surface area contributed by atoms with Gasteiger partial charge in [-0.05, 0) is 86.4 Å². The van der Waals surface area contributed by atoms with Crippen LogP contribution in [0.3, 0.4) is 0 Å². The number of hydrogen-bond donors (Lipinski definition) is 2. The van der Waals surface area contributed by atoms with E-state index in [0.29, 0.717) is 53.1 Å². The second kappa shape index (κ2) is 18.7. The highest BCUT2D eigenvalue weighted by atomic mass is 32.2. The molecule has 0 saturated heterocycles. The van der Waals surface area contributed by atoms with Crippen molar-refractivity contribution in [1.29, 1.82) is 0 Å². The first-order valence-electron chi connectivity index (χ1n) is 20.6. The van der Waals surface area contributed by atoms with Crippen LogP contribution < -0.4 is 9.47 Å². The number of para-hydroxylation sites is 1. The first-order chi connectivity index (χ1) is 28.7. The van der Waals surface area contributed by atoms with Gasteiger partial charge in [-0.15, -0.1) is 6.58 Å². The standard InChI is InChI=1S/C46H54FN3O8S/c1-4-26-56-46-42(50(3)59(53,54)41-20-12-16-31-17-13-23-48-45(31)41)29-39(49-57-5-2)36-27-32(14-8-10-24-51)35(18-9-11-25-52)43(44(36)46)37-28-34(21-22-40(37)58-46)55-30-33-15-6-7-19-38(33)47/h4,6-7,12-13,15-17,19-23,27-28,32,35,42-44,51-52H,1,5,8-11,14,18,24-26,29-30H2,2-3H3. The number of halogens is 1. The number of oxime groups is 1. The third-order valence-electron chi connectivity index (χ3n) is 12.0. The molecule has 4 aromatic rings. The maximum atomic E-state index is 15.0. The molecule has 13 heteroatoms. The Morgan fingerprint density at radius 1 is 1.03 bits per heavy atom. The third kappa shape index (κ3) is 8.40. The van der Waals surface area contributed by atoms with E-state index in [0.717, 1.165) is 36.8 Å². The molecule has 11 nitrogen and oxygen atoms in total. The molecule has 0 radical (unpaired) electrons. The first kappa shape index (κ1) is 42.5. The van der Waals surface area contributed by atoms with Gasteiger partial charge in [0.2, 0.25) is 15.8 Å². The van der Waals surface area contributed by atoms with Crippen LogP contribution in [0.15, 0.2) is 113 Å². The van der Waals surface area contributed by atoms with E-state index >= 15 is 8.42 Å². The molecule has 314 valence electrons. The number of unbranched alkanes of at least 4 members (excludes halogenated alkanes) is 2. The Morgan fingerprint density at radius 3 is 2.58 bits per heavy atom. The molecule has 2 heterocycles. The number of likely N-dealkylation sites (N-methyl/N-ethyl adjacent to an activating group) is 1. The second-order valence-corrected chi connectivity index (χ2v) is 17.4. The van der Waals surface area contributed by atoms with Crippen molar-refractivity contribution < 1.29 is 42.1 Å². The van der Waals surface area contributed by atoms with Gasteiger partial charge in [-0.3, -0.25) is 4.98 Å². The first-order valence-corrected chi connectivity index (χ1v) is 22.0. The molecule has 1 saturated carbocycles. The van der Waals surface area contributed by atoms with Crippen LogP contribution in [0, 0.1) is 23.6 Å². The second-order valence-electron chi connectivity index (χ2n) is 15.4. The van der Waals surface area contributed by atoms with Crippen LogP contribution in [0.4, 0.5) is 4.39 Å². The molecule has 2 aliphatic carbocycles. The quantitative estimate of drug-likeness (QED) is 0.0548. The van der Waals surface area contributed by atoms with E-state index in [-0.39, 0.29) is 61.3 Å². The summed E-state index contributed by atoms with van der Waals surface area (Å²) in [6.45, 7) is 6.32. The van der Waals surface area contributed by atoms with Gasteiger partial charge in [0.15, 0.2) is 0 Å². The monoisotopic (exact) mass is 827 g/mol. The zero-order chi connectivity index (χ0) is 41.6. The van der Waals surface area contributed by atoms with Gasteiger partial charge in [0.1, 0.15) is 35.4 Å². The molecule has 6 atom stereocenters. The van der Waals surface area contributed by atoms with Crippen molar-refractivity contribution >= 4 is 26.6 Å². The van der Waals surface area contributed by atoms with E-state index in [1.807, 2.05) is 31.2 Å². The fourth-order valence-corrected chi connectivity index (χ4v) is 10.9. The lowest BCUT2D eigenvalue weighted by Gasteiger charge is -2.59. The summed E-state index contributed by atoms with van der Waals surface area (Å²) >= 11 is 0. The van der Waals surface area contributed by atoms with Crippen LogP contribution in [0.1, 0.15) is 68.9 Å². The number of rotatable bonds is 19. The average Bonchev–Trinajstić information content (AvgIpc) is 3.25. The minimum absolute atomic E-state index is 0.0145. The minimum atomic E-state index is -4.26. The number of nitrogens with zero attached hydrogens (tertiary/aromatic N) is 3. The number of aliphatic hydroxyl groups is 2. The number of allylic oxidation sites excluding steroid dienone is 1. The molecular formula is C46H54FN3O8S. The topological polar surface area (TPSA) is 140 Å². The van der Waals surface area contributed by atoms with Crippen LogP contribution in [-0.2, 0) is 26.2 Å². The van der Waals surface area contributed by atoms with Crippen LogP contribution >= 0.6 is 0 Å². The largest absolute Gasteiger partial charge is 0.489 e. The van der Waals surface area contributed by atoms with Gasteiger partial charge in [0, 0.05) is 55.3 Å². The fourth-order valence-electron chi connectivity index (χ4n) is 9.32. The van der Waals surface area contributed by atoms with Crippen LogP contribution in [-0.4, -0.2) is 78.9 Å². The van der Waals surface area contributed by atoms with Crippen molar-refractivity contribution in [2.75, 3.05) is 33.5 Å². The molecule has 59 heavy (non-hydrogen) atoms. The minimum Gasteiger partial charge on any atom is -0.489 e. The molecule has 7 rings (SSSR count). The van der Waals surface area contributed by atoms with E-state index in [9.17, 15) is 14.6 Å². The predicted octanol–water partition coefficient (Wildman–Crippen LogP) is 7.93. The average molecular weight is 828 g/mol. The summed E-state index contributed by atoms with van der Waals surface area (Å²) in [4.78, 5) is 10.3. The summed E-state index contributed by atoms with van der Waals surface area (Å²) in [6, 6.07) is 19.8. The van der Waals surface area contributed by atoms with E-state index in [1.54, 1.807) is 61.8 Å². The van der Waals surface area contributed by atoms with Gasteiger partial charge in [0.25, 0.3) is 0 Å². The predicted molar refractivity (Wildman–Crippen MR) is 224 cm³/mol. The number of sulfonamides is 1. The molecule has 1 aliphatic heterocycles. The summed E-state index contributed by atoms with van der Waals surface area (Å²) in [5.41, 5.74) is 3.08. The van der Waals surface area contributed by atoms with E-state index in [4.69, 9.17) is 19.0 Å². The van der Waals surface area contributed by atoms with Crippen LogP contribution in [0.5, 0.6) is 11.5 Å². The molecule has 0 amide bonds. The smallest absolute Gasteiger partial charge is 0.245 e. The normalized spacial score (nSPS) is 24.3. The summed E-state index contributed by atoms with van der Waals surface area (Å²) in [6.07, 6.45) is 9.88. The Balaban J connectivity index is 1.43. The van der Waals surface area contributed by atoms with Gasteiger partial charge < -0.3 is 29.3 Å². The fraction of sp³-hybridized carbons (Fsp3) is 0.435. The Labute approximate surface area is 346 Å². The van der Waals surface area contributed by atoms with E-state index in [1.165, 1.54) is 10.4 Å². The Bertz CT molecular complexity index is 2280.